The smallest absolute Gasteiger partial charge is 0.254 e. The lowest BCUT2D eigenvalue weighted by Gasteiger charge is -2.23. The molecule has 0 fully saturated rings. The van der Waals surface area contributed by atoms with Gasteiger partial charge in [-0.25, -0.2) is 13.4 Å². The normalized spacial score (nSPS) is 12.3. The van der Waals surface area contributed by atoms with Gasteiger partial charge in [-0.05, 0) is 13.8 Å². The van der Waals surface area contributed by atoms with Crippen molar-refractivity contribution in [3.63, 3.8) is 0 Å². The molecule has 1 heterocycles. The Bertz CT molecular complexity index is 512. The summed E-state index contributed by atoms with van der Waals surface area (Å²) in [5, 5.41) is 0. The average molecular weight is 298 g/mol. The third-order valence-electron chi connectivity index (χ3n) is 1.91. The number of rotatable bonds is 5. The maximum atomic E-state index is 12.2. The molecule has 0 atom stereocenters. The van der Waals surface area contributed by atoms with Crippen molar-refractivity contribution in [2.24, 2.45) is 5.73 Å². The van der Waals surface area contributed by atoms with E-state index in [1.807, 2.05) is 0 Å². The second kappa shape index (κ2) is 5.30. The van der Waals surface area contributed by atoms with Crippen molar-refractivity contribution < 1.29 is 13.2 Å². The van der Waals surface area contributed by atoms with Gasteiger partial charge in [0.15, 0.2) is 8.68 Å². The first-order valence-electron chi connectivity index (χ1n) is 4.66. The van der Waals surface area contributed by atoms with E-state index in [4.69, 9.17) is 17.3 Å². The molecule has 0 aliphatic carbocycles. The van der Waals surface area contributed by atoms with Crippen LogP contribution in [0.15, 0.2) is 10.4 Å². The Hall–Kier alpha value is -0.700. The van der Waals surface area contributed by atoms with Crippen LogP contribution in [0.3, 0.4) is 0 Å². The van der Waals surface area contributed by atoms with Gasteiger partial charge in [-0.15, -0.1) is 0 Å². The molecule has 0 saturated carbocycles. The van der Waals surface area contributed by atoms with Crippen molar-refractivity contribution in [1.29, 1.82) is 0 Å². The van der Waals surface area contributed by atoms with Crippen LogP contribution in [0.1, 0.15) is 13.8 Å². The van der Waals surface area contributed by atoms with Crippen molar-refractivity contribution in [3.8, 4) is 0 Å². The van der Waals surface area contributed by atoms with Crippen LogP contribution >= 0.6 is 22.9 Å². The fraction of sp³-hybridized carbons (Fsp3) is 0.500. The summed E-state index contributed by atoms with van der Waals surface area (Å²) in [4.78, 5) is 14.5. The number of nitrogens with zero attached hydrogens (tertiary/aromatic N) is 2. The maximum Gasteiger partial charge on any atom is 0.254 e. The second-order valence-corrected chi connectivity index (χ2v) is 7.27. The molecule has 96 valence electrons. The molecule has 1 aromatic rings. The number of aromatic nitrogens is 1. The van der Waals surface area contributed by atoms with Crippen LogP contribution < -0.4 is 5.73 Å². The van der Waals surface area contributed by atoms with Crippen LogP contribution in [0, 0.1) is 0 Å². The predicted octanol–water partition coefficient (Wildman–Crippen LogP) is 0.681. The Balaban J connectivity index is 3.13. The van der Waals surface area contributed by atoms with Gasteiger partial charge in [-0.2, -0.15) is 4.31 Å². The standard InChI is InChI=1S/C8H12ClN3O3S2/c1-5(2)12(4-6(10)13)17(14,15)7-3-11-8(9)16-7/h3,5H,4H2,1-2H3,(H2,10,13). The van der Waals surface area contributed by atoms with E-state index in [2.05, 4.69) is 4.98 Å². The fourth-order valence-electron chi connectivity index (χ4n) is 1.17. The molecule has 0 aromatic carbocycles. The maximum absolute atomic E-state index is 12.2. The SMILES string of the molecule is CC(C)N(CC(N)=O)S(=O)(=O)c1cnc(Cl)s1. The van der Waals surface area contributed by atoms with Gasteiger partial charge >= 0.3 is 0 Å². The molecule has 0 bridgehead atoms. The molecule has 1 amide bonds. The van der Waals surface area contributed by atoms with Crippen molar-refractivity contribution >= 4 is 38.9 Å². The quantitative estimate of drug-likeness (QED) is 0.865. The topological polar surface area (TPSA) is 93.4 Å². The monoisotopic (exact) mass is 297 g/mol. The average Bonchev–Trinajstić information content (AvgIpc) is 2.61. The van der Waals surface area contributed by atoms with Crippen LogP contribution in [0.25, 0.3) is 0 Å². The number of nitrogens with two attached hydrogens (primary N) is 1. The number of hydrogen-bond acceptors (Lipinski definition) is 5. The van der Waals surface area contributed by atoms with Crippen LogP contribution in [-0.2, 0) is 14.8 Å². The summed E-state index contributed by atoms with van der Waals surface area (Å²) in [6, 6.07) is -0.381. The highest BCUT2D eigenvalue weighted by atomic mass is 35.5. The molecule has 0 unspecified atom stereocenters. The van der Waals surface area contributed by atoms with Gasteiger partial charge < -0.3 is 5.73 Å². The minimum atomic E-state index is -3.77. The second-order valence-electron chi connectivity index (χ2n) is 3.54. The lowest BCUT2D eigenvalue weighted by molar-refractivity contribution is -0.118. The number of amides is 1. The molecule has 2 N–H and O–H groups in total. The Morgan fingerprint density at radius 1 is 1.65 bits per heavy atom. The number of carbonyl (C=O) groups excluding carboxylic acids is 1. The van der Waals surface area contributed by atoms with E-state index in [1.54, 1.807) is 13.8 Å². The first kappa shape index (κ1) is 14.4. The van der Waals surface area contributed by atoms with Gasteiger partial charge in [-0.1, -0.05) is 22.9 Å². The molecule has 6 nitrogen and oxygen atoms in total. The first-order chi connectivity index (χ1) is 7.75. The Morgan fingerprint density at radius 3 is 2.59 bits per heavy atom. The summed E-state index contributed by atoms with van der Waals surface area (Å²) < 4.78 is 25.4. The molecular weight excluding hydrogens is 286 g/mol. The predicted molar refractivity (Wildman–Crippen MR) is 65.3 cm³/mol. The number of carbonyl (C=O) groups is 1. The molecule has 0 radical (unpaired) electrons. The van der Waals surface area contributed by atoms with E-state index in [0.29, 0.717) is 0 Å². The lowest BCUT2D eigenvalue weighted by atomic mass is 10.4. The summed E-state index contributed by atoms with van der Waals surface area (Å²) in [7, 11) is -3.77. The van der Waals surface area contributed by atoms with Crippen molar-refractivity contribution in [2.45, 2.75) is 24.1 Å². The summed E-state index contributed by atoms with van der Waals surface area (Å²) in [5.41, 5.74) is 5.03. The van der Waals surface area contributed by atoms with E-state index in [0.717, 1.165) is 15.6 Å². The number of primary amides is 1. The fourth-order valence-corrected chi connectivity index (χ4v) is 4.20. The molecular formula is C8H12ClN3O3S2. The molecule has 0 spiro atoms. The largest absolute Gasteiger partial charge is 0.369 e. The van der Waals surface area contributed by atoms with Crippen LogP contribution in [0.5, 0.6) is 0 Å². The summed E-state index contributed by atoms with van der Waals surface area (Å²) in [6.07, 6.45) is 1.17. The lowest BCUT2D eigenvalue weighted by Crippen LogP contribution is -2.42. The number of hydrogen-bond donors (Lipinski definition) is 1. The molecule has 1 aromatic heterocycles. The van der Waals surface area contributed by atoms with Crippen molar-refractivity contribution in [3.05, 3.63) is 10.7 Å². The Labute approximate surface area is 108 Å². The van der Waals surface area contributed by atoms with Gasteiger partial charge in [0, 0.05) is 6.04 Å². The molecule has 1 rings (SSSR count). The summed E-state index contributed by atoms with van der Waals surface area (Å²) >= 11 is 6.43. The zero-order valence-electron chi connectivity index (χ0n) is 9.25. The molecule has 0 saturated heterocycles. The third kappa shape index (κ3) is 3.38. The van der Waals surface area contributed by atoms with Gasteiger partial charge in [-0.3, -0.25) is 4.79 Å². The highest BCUT2D eigenvalue weighted by Crippen LogP contribution is 2.26. The van der Waals surface area contributed by atoms with E-state index in [9.17, 15) is 13.2 Å². The first-order valence-corrected chi connectivity index (χ1v) is 7.30. The molecule has 17 heavy (non-hydrogen) atoms. The Kier molecular flexibility index (Phi) is 4.48. The van der Waals surface area contributed by atoms with Crippen molar-refractivity contribution in [1.82, 2.24) is 9.29 Å². The van der Waals surface area contributed by atoms with E-state index < -0.39 is 15.9 Å². The van der Waals surface area contributed by atoms with E-state index >= 15 is 0 Å². The molecule has 0 aliphatic heterocycles. The van der Waals surface area contributed by atoms with Crippen molar-refractivity contribution in [2.75, 3.05) is 6.54 Å². The molecule has 9 heteroatoms. The Morgan fingerprint density at radius 2 is 2.24 bits per heavy atom. The highest BCUT2D eigenvalue weighted by molar-refractivity contribution is 7.91. The number of halogens is 1. The van der Waals surface area contributed by atoms with Crippen LogP contribution in [-0.4, -0.2) is 36.2 Å². The summed E-state index contributed by atoms with van der Waals surface area (Å²) in [6.45, 7) is 2.95. The highest BCUT2D eigenvalue weighted by Gasteiger charge is 2.30. The van der Waals surface area contributed by atoms with Crippen LogP contribution in [0.4, 0.5) is 0 Å². The zero-order valence-corrected chi connectivity index (χ0v) is 11.6. The minimum absolute atomic E-state index is 0.00236. The zero-order chi connectivity index (χ0) is 13.2. The minimum Gasteiger partial charge on any atom is -0.369 e. The van der Waals surface area contributed by atoms with Crippen LogP contribution in [0.2, 0.25) is 4.47 Å². The number of sulfonamides is 1. The van der Waals surface area contributed by atoms with Gasteiger partial charge in [0.25, 0.3) is 10.0 Å². The number of thiazole rings is 1. The summed E-state index contributed by atoms with van der Waals surface area (Å²) in [5.74, 6) is -0.710. The van der Waals surface area contributed by atoms with Gasteiger partial charge in [0.2, 0.25) is 5.91 Å². The van der Waals surface area contributed by atoms with Gasteiger partial charge in [0.1, 0.15) is 0 Å². The van der Waals surface area contributed by atoms with E-state index in [-0.39, 0.29) is 21.3 Å². The third-order valence-corrected chi connectivity index (χ3v) is 5.48. The molecule has 0 aliphatic rings. The van der Waals surface area contributed by atoms with E-state index in [1.165, 1.54) is 6.20 Å². The van der Waals surface area contributed by atoms with Gasteiger partial charge in [0.05, 0.1) is 12.7 Å².